The first-order valence-corrected chi connectivity index (χ1v) is 8.77. The van der Waals surface area contributed by atoms with E-state index in [0.29, 0.717) is 6.42 Å². The summed E-state index contributed by atoms with van der Waals surface area (Å²) in [5, 5.41) is 0. The highest BCUT2D eigenvalue weighted by Gasteiger charge is 1.96. The fourth-order valence-corrected chi connectivity index (χ4v) is 1.98. The van der Waals surface area contributed by atoms with E-state index in [9.17, 15) is 4.79 Å². The minimum absolute atomic E-state index is 0.135. The number of unbranched alkanes of at least 4 members (excludes halogenated alkanes) is 4. The van der Waals surface area contributed by atoms with Crippen molar-refractivity contribution in [1.29, 1.82) is 0 Å². The van der Waals surface area contributed by atoms with E-state index in [0.717, 1.165) is 25.7 Å². The van der Waals surface area contributed by atoms with Crippen molar-refractivity contribution in [2.45, 2.75) is 71.1 Å². The molecule has 0 heterocycles. The molecule has 130 valence electrons. The molecule has 2 nitrogen and oxygen atoms in total. The topological polar surface area (TPSA) is 26.3 Å². The summed E-state index contributed by atoms with van der Waals surface area (Å²) in [6.45, 7) is 2.22. The first-order valence-electron chi connectivity index (χ1n) is 10.3. The number of hydrogen-bond acceptors (Lipinski definition) is 2. The molecule has 0 aromatic heterocycles. The number of hydrogen-bond donors (Lipinski definition) is 0. The summed E-state index contributed by atoms with van der Waals surface area (Å²) in [6, 6.07) is 0. The van der Waals surface area contributed by atoms with Crippen LogP contribution in [0.4, 0.5) is 0 Å². The van der Waals surface area contributed by atoms with Gasteiger partial charge in [-0.1, -0.05) is 68.4 Å². The molecule has 0 atom stereocenters. The normalized spacial score (nSPS) is 14.7. The Hall–Kier alpha value is -1.57. The van der Waals surface area contributed by atoms with Crippen molar-refractivity contribution in [3.63, 3.8) is 0 Å². The smallest absolute Gasteiger partial charge is 0.305 e. The van der Waals surface area contributed by atoms with E-state index < -0.39 is 13.0 Å². The summed E-state index contributed by atoms with van der Waals surface area (Å²) >= 11 is 0. The van der Waals surface area contributed by atoms with Crippen LogP contribution in [0.5, 0.6) is 0 Å². The number of ether oxygens (including phenoxy) is 1. The zero-order valence-corrected chi connectivity index (χ0v) is 14.5. The van der Waals surface area contributed by atoms with E-state index in [1.807, 2.05) is 12.2 Å². The van der Waals surface area contributed by atoms with Crippen LogP contribution >= 0.6 is 0 Å². The SMILES string of the molecule is [2H]C([2H])([2H])OC(=O)CCC/C=C\C/C=C\C/C=C\C/C=C\CCCCC. The fraction of sp³-hybridized carbons (Fsp3) is 0.571. The van der Waals surface area contributed by atoms with Gasteiger partial charge in [0.05, 0.1) is 11.2 Å². The van der Waals surface area contributed by atoms with Gasteiger partial charge in [-0.15, -0.1) is 0 Å². The zero-order valence-electron chi connectivity index (χ0n) is 17.5. The van der Waals surface area contributed by atoms with Crippen LogP contribution in [0.15, 0.2) is 48.6 Å². The van der Waals surface area contributed by atoms with Gasteiger partial charge in [-0.2, -0.15) is 0 Å². The zero-order chi connectivity index (χ0) is 19.5. The third-order valence-corrected chi connectivity index (χ3v) is 3.32. The Bertz CT molecular complexity index is 460. The highest BCUT2D eigenvalue weighted by Crippen LogP contribution is 2.01. The van der Waals surface area contributed by atoms with Gasteiger partial charge in [-0.25, -0.2) is 0 Å². The lowest BCUT2D eigenvalue weighted by Crippen LogP contribution is -1.98. The molecular weight excluding hydrogens is 284 g/mol. The highest BCUT2D eigenvalue weighted by atomic mass is 16.5. The van der Waals surface area contributed by atoms with Crippen LogP contribution in [0.1, 0.15) is 75.2 Å². The van der Waals surface area contributed by atoms with Gasteiger partial charge in [0.1, 0.15) is 0 Å². The number of esters is 1. The molecule has 0 fully saturated rings. The molecule has 0 aliphatic rings. The first kappa shape index (κ1) is 16.3. The minimum atomic E-state index is -2.63. The van der Waals surface area contributed by atoms with Gasteiger partial charge in [0.15, 0.2) is 0 Å². The molecule has 0 saturated heterocycles. The summed E-state index contributed by atoms with van der Waals surface area (Å²) < 4.78 is 24.8. The van der Waals surface area contributed by atoms with Crippen molar-refractivity contribution < 1.29 is 13.6 Å². The van der Waals surface area contributed by atoms with E-state index in [1.54, 1.807) is 0 Å². The molecule has 0 aromatic carbocycles. The Labute approximate surface area is 147 Å². The maximum atomic E-state index is 11.2. The Morgan fingerprint density at radius 3 is 1.87 bits per heavy atom. The van der Waals surface area contributed by atoms with Crippen LogP contribution in [-0.2, 0) is 9.53 Å². The second-order valence-corrected chi connectivity index (χ2v) is 5.45. The summed E-state index contributed by atoms with van der Waals surface area (Å²) in [4.78, 5) is 11.2. The lowest BCUT2D eigenvalue weighted by Gasteiger charge is -1.95. The van der Waals surface area contributed by atoms with Crippen molar-refractivity contribution in [2.75, 3.05) is 7.04 Å². The molecule has 0 aromatic rings. The molecule has 0 spiro atoms. The van der Waals surface area contributed by atoms with Gasteiger partial charge >= 0.3 is 5.97 Å². The van der Waals surface area contributed by atoms with Gasteiger partial charge in [0, 0.05) is 6.42 Å². The van der Waals surface area contributed by atoms with Crippen molar-refractivity contribution in [2.24, 2.45) is 0 Å². The Morgan fingerprint density at radius 1 is 0.826 bits per heavy atom. The number of carbonyl (C=O) groups is 1. The Kier molecular flexibility index (Phi) is 13.1. The van der Waals surface area contributed by atoms with Gasteiger partial charge in [-0.05, 0) is 44.9 Å². The number of rotatable bonds is 14. The van der Waals surface area contributed by atoms with Crippen LogP contribution in [0.25, 0.3) is 0 Å². The van der Waals surface area contributed by atoms with Crippen molar-refractivity contribution in [3.8, 4) is 0 Å². The molecule has 0 radical (unpaired) electrons. The lowest BCUT2D eigenvalue weighted by atomic mass is 10.2. The molecule has 0 amide bonds. The van der Waals surface area contributed by atoms with Gasteiger partial charge in [-0.3, -0.25) is 4.79 Å². The number of methoxy groups -OCH3 is 1. The summed E-state index contributed by atoms with van der Waals surface area (Å²) in [7, 11) is -2.63. The molecule has 23 heavy (non-hydrogen) atoms. The summed E-state index contributed by atoms with van der Waals surface area (Å²) in [6.07, 6.45) is 26.5. The third-order valence-electron chi connectivity index (χ3n) is 3.32. The van der Waals surface area contributed by atoms with Gasteiger partial charge in [0.25, 0.3) is 0 Å². The monoisotopic (exact) mass is 321 g/mol. The molecular formula is C21H34O2. The number of carbonyl (C=O) groups excluding carboxylic acids is 1. The van der Waals surface area contributed by atoms with E-state index in [4.69, 9.17) is 4.11 Å². The van der Waals surface area contributed by atoms with Crippen LogP contribution in [0.2, 0.25) is 0 Å². The molecule has 0 aliphatic carbocycles. The Morgan fingerprint density at radius 2 is 1.35 bits per heavy atom. The van der Waals surface area contributed by atoms with E-state index in [1.165, 1.54) is 25.7 Å². The van der Waals surface area contributed by atoms with Gasteiger partial charge < -0.3 is 4.74 Å². The lowest BCUT2D eigenvalue weighted by molar-refractivity contribution is -0.140. The molecule has 0 N–H and O–H groups in total. The average molecular weight is 322 g/mol. The maximum Gasteiger partial charge on any atom is 0.305 e. The molecule has 0 saturated carbocycles. The van der Waals surface area contributed by atoms with E-state index in [-0.39, 0.29) is 6.42 Å². The molecule has 0 bridgehead atoms. The van der Waals surface area contributed by atoms with Crippen LogP contribution in [0, 0.1) is 0 Å². The molecule has 0 rings (SSSR count). The summed E-state index contributed by atoms with van der Waals surface area (Å²) in [5.74, 6) is -0.666. The predicted octanol–water partition coefficient (Wildman–Crippen LogP) is 6.31. The van der Waals surface area contributed by atoms with E-state index >= 15 is 0 Å². The average Bonchev–Trinajstić information content (AvgIpc) is 2.56. The van der Waals surface area contributed by atoms with Crippen molar-refractivity contribution >= 4 is 5.97 Å². The van der Waals surface area contributed by atoms with Crippen LogP contribution < -0.4 is 0 Å². The maximum absolute atomic E-state index is 11.2. The standard InChI is InChI=1S/C21H34O2/c1-3-4-5-6-7-8-9-10-11-12-13-14-15-16-17-18-19-20-21(22)23-2/h7-8,10-11,13-14,16-17H,3-6,9,12,15,18-20H2,1-2H3/b8-7-,11-10-,14-13-,17-16-/i2D3. The summed E-state index contributed by atoms with van der Waals surface area (Å²) in [5.41, 5.74) is 0. The Balaban J connectivity index is 3.53. The fourth-order valence-electron chi connectivity index (χ4n) is 1.98. The van der Waals surface area contributed by atoms with Crippen molar-refractivity contribution in [1.82, 2.24) is 0 Å². The number of allylic oxidation sites excluding steroid dienone is 8. The predicted molar refractivity (Wildman–Crippen MR) is 100 cm³/mol. The van der Waals surface area contributed by atoms with E-state index in [2.05, 4.69) is 48.1 Å². The molecule has 0 unspecified atom stereocenters. The highest BCUT2D eigenvalue weighted by molar-refractivity contribution is 5.69. The molecule has 2 heteroatoms. The van der Waals surface area contributed by atoms with Crippen LogP contribution in [-0.4, -0.2) is 13.0 Å². The van der Waals surface area contributed by atoms with Gasteiger partial charge in [0.2, 0.25) is 0 Å². The minimum Gasteiger partial charge on any atom is -0.469 e. The largest absolute Gasteiger partial charge is 0.469 e. The van der Waals surface area contributed by atoms with Crippen molar-refractivity contribution in [3.05, 3.63) is 48.6 Å². The first-order chi connectivity index (χ1) is 12.5. The quantitative estimate of drug-likeness (QED) is 0.213. The second-order valence-electron chi connectivity index (χ2n) is 5.45. The second kappa shape index (κ2) is 18.5. The van der Waals surface area contributed by atoms with Crippen LogP contribution in [0.3, 0.4) is 0 Å². The molecule has 0 aliphatic heterocycles. The third kappa shape index (κ3) is 18.4.